The summed E-state index contributed by atoms with van der Waals surface area (Å²) in [7, 11) is -17.9. The van der Waals surface area contributed by atoms with Crippen LogP contribution in [0.3, 0.4) is 0 Å². The molecule has 0 saturated carbocycles. The second kappa shape index (κ2) is 15.5. The second-order valence-electron chi connectivity index (χ2n) is 8.04. The SMILES string of the molecule is C=C[Si](C)(C)O[Si](O[Si](C)(C)C=C)(O[Si](OC)(OC)OC)O[Si@@](O)(OC)O[Si](OC)(O[SiH2]C)O[SiH2]C. The zero-order valence-electron chi connectivity index (χ0n) is 23.3. The van der Waals surface area contributed by atoms with Crippen LogP contribution in [0, 0.1) is 0 Å². The molecular weight excluding hydrogens is 613 g/mol. The monoisotopic (exact) mass is 656 g/mol. The Kier molecular flexibility index (Phi) is 15.8. The maximum atomic E-state index is 11.6. The van der Waals surface area contributed by atoms with E-state index in [0.717, 1.165) is 0 Å². The highest BCUT2D eigenvalue weighted by molar-refractivity contribution is 6.91. The van der Waals surface area contributed by atoms with Gasteiger partial charge in [0.1, 0.15) is 0 Å². The van der Waals surface area contributed by atoms with Crippen molar-refractivity contribution in [2.75, 3.05) is 35.5 Å². The molecule has 214 valence electrons. The largest absolute Gasteiger partial charge is 0.673 e. The smallest absolute Gasteiger partial charge is 0.401 e. The van der Waals surface area contributed by atoms with Gasteiger partial charge in [0, 0.05) is 35.5 Å². The van der Waals surface area contributed by atoms with Crippen molar-refractivity contribution in [1.82, 2.24) is 0 Å². The van der Waals surface area contributed by atoms with Gasteiger partial charge in [-0.1, -0.05) is 24.5 Å². The minimum Gasteiger partial charge on any atom is -0.401 e. The molecule has 0 aromatic rings. The molecule has 36 heavy (non-hydrogen) atoms. The Bertz CT molecular complexity index is 648. The van der Waals surface area contributed by atoms with E-state index in [-0.39, 0.29) is 0 Å². The summed E-state index contributed by atoms with van der Waals surface area (Å²) < 4.78 is 70.2. The lowest BCUT2D eigenvalue weighted by Crippen LogP contribution is -2.72. The van der Waals surface area contributed by atoms with Crippen LogP contribution in [-0.2, 0) is 50.9 Å². The molecule has 0 radical (unpaired) electrons. The van der Waals surface area contributed by atoms with Gasteiger partial charge in [-0.05, 0) is 26.2 Å². The molecule has 0 heterocycles. The minimum atomic E-state index is -4.70. The quantitative estimate of drug-likeness (QED) is 0.169. The van der Waals surface area contributed by atoms with Gasteiger partial charge in [-0.3, -0.25) is 0 Å². The summed E-state index contributed by atoms with van der Waals surface area (Å²) in [6, 6.07) is 0. The van der Waals surface area contributed by atoms with Crippen LogP contribution >= 0.6 is 0 Å². The van der Waals surface area contributed by atoms with Crippen LogP contribution in [0.15, 0.2) is 24.6 Å². The lowest BCUT2D eigenvalue weighted by Gasteiger charge is -2.43. The van der Waals surface area contributed by atoms with Crippen LogP contribution in [0.1, 0.15) is 0 Å². The van der Waals surface area contributed by atoms with Gasteiger partial charge in [-0.25, -0.2) is 0 Å². The molecule has 0 aliphatic heterocycles. The summed E-state index contributed by atoms with van der Waals surface area (Å²) in [6.07, 6.45) is 0. The summed E-state index contributed by atoms with van der Waals surface area (Å²) in [5.74, 6) is 0. The first-order valence-corrected chi connectivity index (χ1v) is 27.6. The minimum absolute atomic E-state index is 1.08. The van der Waals surface area contributed by atoms with Crippen molar-refractivity contribution in [3.63, 3.8) is 0 Å². The Hall–Kier alpha value is 0.695. The molecule has 0 amide bonds. The van der Waals surface area contributed by atoms with Crippen molar-refractivity contribution in [3.8, 4) is 0 Å². The third-order valence-corrected chi connectivity index (χ3v) is 26.3. The average molecular weight is 657 g/mol. The van der Waals surface area contributed by atoms with Gasteiger partial charge in [0.05, 0.1) is 0 Å². The first kappa shape index (κ1) is 36.7. The molecule has 0 spiro atoms. The second-order valence-corrected chi connectivity index (χ2v) is 28.9. The first-order valence-electron chi connectivity index (χ1n) is 11.1. The highest BCUT2D eigenvalue weighted by Gasteiger charge is 2.68. The summed E-state index contributed by atoms with van der Waals surface area (Å²) in [6.45, 7) is 18.9. The fraction of sp³-hybridized carbons (Fsp3) is 0.733. The average Bonchev–Trinajstić information content (AvgIpc) is 2.82. The molecule has 0 unspecified atom stereocenters. The van der Waals surface area contributed by atoms with Crippen molar-refractivity contribution >= 4 is 72.4 Å². The highest BCUT2D eigenvalue weighted by Crippen LogP contribution is 2.32. The van der Waals surface area contributed by atoms with Crippen molar-refractivity contribution in [1.29, 1.82) is 0 Å². The van der Waals surface area contributed by atoms with E-state index < -0.39 is 72.4 Å². The summed E-state index contributed by atoms with van der Waals surface area (Å²) in [5, 5.41) is 0. The zero-order chi connectivity index (χ0) is 28.3. The lowest BCUT2D eigenvalue weighted by atomic mass is 11.3. The molecule has 0 aliphatic carbocycles. The molecule has 21 heteroatoms. The number of hydrogen-bond donors (Lipinski definition) is 1. The third kappa shape index (κ3) is 11.1. The molecule has 0 rings (SSSR count). The Balaban J connectivity index is 6.98. The summed E-state index contributed by atoms with van der Waals surface area (Å²) in [5.41, 5.74) is 3.31. The van der Waals surface area contributed by atoms with Crippen LogP contribution < -0.4 is 0 Å². The van der Waals surface area contributed by atoms with Gasteiger partial charge in [-0.15, -0.1) is 13.2 Å². The normalized spacial score (nSPS) is 17.6. The molecule has 0 bridgehead atoms. The third-order valence-electron chi connectivity index (χ3n) is 4.42. The van der Waals surface area contributed by atoms with Gasteiger partial charge in [0.25, 0.3) is 0 Å². The van der Waals surface area contributed by atoms with Gasteiger partial charge < -0.3 is 55.7 Å². The van der Waals surface area contributed by atoms with Gasteiger partial charge in [0.2, 0.25) is 16.6 Å². The molecule has 0 saturated heterocycles. The van der Waals surface area contributed by atoms with E-state index >= 15 is 0 Å². The molecule has 0 aromatic carbocycles. The zero-order valence-corrected chi connectivity index (χ0v) is 32.2. The van der Waals surface area contributed by atoms with Crippen LogP contribution in [-0.4, -0.2) is 113 Å². The van der Waals surface area contributed by atoms with Gasteiger partial charge in [0.15, 0.2) is 19.5 Å². The number of hydrogen-bond acceptors (Lipinski definition) is 13. The van der Waals surface area contributed by atoms with Crippen molar-refractivity contribution < 1.29 is 55.7 Å². The standard InChI is InChI=1S/C15H44O13Si8/c1-14-31(10,11)24-36(25-32(12,13)15-2,28-34(18-4,19-5)20-6)27-33(16,17-3)26-35(21-7,22-29-8)23-30-9/h14-16H,1-2,29-30H2,3-13H3/t33-/m0/s1. The maximum absolute atomic E-state index is 11.6. The number of rotatable bonds is 21. The van der Waals surface area contributed by atoms with E-state index in [4.69, 9.17) is 50.9 Å². The molecule has 0 aliphatic rings. The van der Waals surface area contributed by atoms with E-state index in [9.17, 15) is 4.80 Å². The Morgan fingerprint density at radius 3 is 1.19 bits per heavy atom. The van der Waals surface area contributed by atoms with E-state index in [1.165, 1.54) is 35.5 Å². The fourth-order valence-electron chi connectivity index (χ4n) is 2.41. The van der Waals surface area contributed by atoms with Crippen LogP contribution in [0.4, 0.5) is 0 Å². The highest BCUT2D eigenvalue weighted by atomic mass is 28.6. The summed E-state index contributed by atoms with van der Waals surface area (Å²) in [4.78, 5) is 11.6. The fourth-order valence-corrected chi connectivity index (χ4v) is 24.7. The topological polar surface area (TPSA) is 131 Å². The van der Waals surface area contributed by atoms with E-state index in [1.807, 2.05) is 39.3 Å². The van der Waals surface area contributed by atoms with E-state index in [1.54, 1.807) is 11.4 Å². The lowest BCUT2D eigenvalue weighted by molar-refractivity contribution is -0.0240. The van der Waals surface area contributed by atoms with Gasteiger partial charge in [-0.2, -0.15) is 0 Å². The Morgan fingerprint density at radius 1 is 0.556 bits per heavy atom. The molecule has 0 aromatic heterocycles. The van der Waals surface area contributed by atoms with Crippen LogP contribution in [0.25, 0.3) is 0 Å². The molecule has 0 fully saturated rings. The van der Waals surface area contributed by atoms with Crippen LogP contribution in [0.5, 0.6) is 0 Å². The van der Waals surface area contributed by atoms with E-state index in [0.29, 0.717) is 0 Å². The molecule has 13 nitrogen and oxygen atoms in total. The van der Waals surface area contributed by atoms with Crippen LogP contribution in [0.2, 0.25) is 39.3 Å². The Labute approximate surface area is 227 Å². The molecule has 1 atom stereocenters. The van der Waals surface area contributed by atoms with Crippen molar-refractivity contribution in [2.24, 2.45) is 0 Å². The molecule has 1 N–H and O–H groups in total. The van der Waals surface area contributed by atoms with E-state index in [2.05, 4.69) is 13.2 Å². The summed E-state index contributed by atoms with van der Waals surface area (Å²) >= 11 is 0. The Morgan fingerprint density at radius 2 is 0.917 bits per heavy atom. The predicted octanol–water partition coefficient (Wildman–Crippen LogP) is 0.194. The van der Waals surface area contributed by atoms with Crippen molar-refractivity contribution in [2.45, 2.75) is 39.3 Å². The predicted molar refractivity (Wildman–Crippen MR) is 152 cm³/mol. The van der Waals surface area contributed by atoms with Crippen molar-refractivity contribution in [3.05, 3.63) is 24.6 Å². The van der Waals surface area contributed by atoms with Gasteiger partial charge >= 0.3 is 36.2 Å². The molecular formula is C15H44O13Si8. The first-order chi connectivity index (χ1) is 16.6. The maximum Gasteiger partial charge on any atom is 0.673 e.